The average Bonchev–Trinajstić information content (AvgIpc) is 2.34. The van der Waals surface area contributed by atoms with E-state index in [1.54, 1.807) is 11.3 Å². The molecule has 0 saturated heterocycles. The molecule has 0 amide bonds. The first-order valence-electron chi connectivity index (χ1n) is 2.91. The summed E-state index contributed by atoms with van der Waals surface area (Å²) in [6, 6.07) is 2.16. The van der Waals surface area contributed by atoms with Crippen LogP contribution in [0.5, 0.6) is 0 Å². The molecule has 48 valence electrons. The van der Waals surface area contributed by atoms with Gasteiger partial charge in [-0.25, -0.2) is 0 Å². The smallest absolute Gasteiger partial charge is 0.155 e. The Morgan fingerprint density at radius 2 is 2.56 bits per heavy atom. The Bertz CT molecular complexity index is 170. The highest BCUT2D eigenvalue weighted by Crippen LogP contribution is 2.14. The molecule has 1 aromatic rings. The molecular formula is C5H9BNPS. The Kier molecular flexibility index (Phi) is 2.55. The molecule has 1 atom stereocenters. The summed E-state index contributed by atoms with van der Waals surface area (Å²) < 4.78 is 0. The van der Waals surface area contributed by atoms with E-state index >= 15 is 0 Å². The molecule has 1 rings (SSSR count). The number of hydrogen-bond acceptors (Lipinski definition) is 2. The van der Waals surface area contributed by atoms with Crippen LogP contribution >= 0.6 is 20.7 Å². The molecule has 0 radical (unpaired) electrons. The van der Waals surface area contributed by atoms with Gasteiger partial charge in [0.2, 0.25) is 0 Å². The van der Waals surface area contributed by atoms with Crippen LogP contribution in [0, 0.1) is 0 Å². The molecule has 1 nitrogen and oxygen atoms in total. The van der Waals surface area contributed by atoms with Crippen molar-refractivity contribution in [3.8, 4) is 0 Å². The summed E-state index contributed by atoms with van der Waals surface area (Å²) in [4.78, 5) is 0. The summed E-state index contributed by atoms with van der Waals surface area (Å²) >= 11 is 1.74. The van der Waals surface area contributed by atoms with E-state index in [4.69, 9.17) is 0 Å². The zero-order valence-corrected chi connectivity index (χ0v) is 7.32. The fraction of sp³-hybridized carbons (Fsp3) is 0.200. The minimum atomic E-state index is 1.13. The van der Waals surface area contributed by atoms with Gasteiger partial charge in [-0.15, -0.1) is 11.3 Å². The predicted octanol–water partition coefficient (Wildman–Crippen LogP) is 1.06. The van der Waals surface area contributed by atoms with Crippen LogP contribution in [-0.4, -0.2) is 7.28 Å². The lowest BCUT2D eigenvalue weighted by atomic mass is 9.75. The van der Waals surface area contributed by atoms with E-state index in [1.165, 1.54) is 10.5 Å². The van der Waals surface area contributed by atoms with Crippen molar-refractivity contribution in [3.63, 3.8) is 0 Å². The lowest BCUT2D eigenvalue weighted by molar-refractivity contribution is 1.97. The van der Waals surface area contributed by atoms with Gasteiger partial charge in [0.15, 0.2) is 7.28 Å². The van der Waals surface area contributed by atoms with Gasteiger partial charge in [-0.05, 0) is 20.8 Å². The molecule has 0 aliphatic carbocycles. The first-order chi connectivity index (χ1) is 4.36. The van der Waals surface area contributed by atoms with Crippen LogP contribution in [-0.2, 0) is 0 Å². The van der Waals surface area contributed by atoms with Gasteiger partial charge in [-0.2, -0.15) is 0 Å². The van der Waals surface area contributed by atoms with E-state index < -0.39 is 0 Å². The van der Waals surface area contributed by atoms with E-state index in [0.717, 1.165) is 7.28 Å². The van der Waals surface area contributed by atoms with Crippen molar-refractivity contribution in [2.45, 2.75) is 6.82 Å². The normalized spacial score (nSPS) is 9.11. The summed E-state index contributed by atoms with van der Waals surface area (Å²) in [5, 5.41) is 6.41. The standard InChI is InChI=1S/C5H9BNPS/c1-6-4-2-5(7-8)9-3-4/h2-3,6-7H,8H2,1H3. The molecule has 4 heteroatoms. The monoisotopic (exact) mass is 157 g/mol. The number of anilines is 1. The number of rotatable bonds is 2. The second kappa shape index (κ2) is 3.24. The molecule has 1 aromatic heterocycles. The van der Waals surface area contributed by atoms with E-state index in [1.807, 2.05) is 0 Å². The molecule has 0 saturated carbocycles. The lowest BCUT2D eigenvalue weighted by Gasteiger charge is -1.87. The van der Waals surface area contributed by atoms with Crippen molar-refractivity contribution in [3.05, 3.63) is 11.4 Å². The fourth-order valence-electron chi connectivity index (χ4n) is 0.637. The SMILES string of the molecule is CBc1csc(NP)c1. The summed E-state index contributed by atoms with van der Waals surface area (Å²) in [7, 11) is 3.62. The fourth-order valence-corrected chi connectivity index (χ4v) is 1.72. The van der Waals surface area contributed by atoms with Crippen LogP contribution < -0.4 is 10.6 Å². The first-order valence-corrected chi connectivity index (χ1v) is 4.36. The van der Waals surface area contributed by atoms with Gasteiger partial charge >= 0.3 is 0 Å². The highest BCUT2D eigenvalue weighted by molar-refractivity contribution is 7.23. The minimum Gasteiger partial charge on any atom is -0.361 e. The third kappa shape index (κ3) is 1.70. The molecule has 1 unspecified atom stereocenters. The van der Waals surface area contributed by atoms with Crippen LogP contribution in [0.4, 0.5) is 5.00 Å². The quantitative estimate of drug-likeness (QED) is 0.499. The predicted molar refractivity (Wildman–Crippen MR) is 50.3 cm³/mol. The number of nitrogens with one attached hydrogen (secondary N) is 1. The van der Waals surface area contributed by atoms with Crippen molar-refractivity contribution in [1.82, 2.24) is 0 Å². The second-order valence-corrected chi connectivity index (χ2v) is 3.02. The highest BCUT2D eigenvalue weighted by atomic mass is 32.1. The average molecular weight is 157 g/mol. The Labute approximate surface area is 62.4 Å². The zero-order valence-electron chi connectivity index (χ0n) is 5.35. The van der Waals surface area contributed by atoms with Crippen LogP contribution in [0.2, 0.25) is 6.82 Å². The van der Waals surface area contributed by atoms with Gasteiger partial charge in [0.1, 0.15) is 0 Å². The largest absolute Gasteiger partial charge is 0.361 e. The maximum atomic E-state index is 3.02. The molecule has 0 aromatic carbocycles. The molecule has 0 bridgehead atoms. The Hall–Kier alpha value is -0.00506. The summed E-state index contributed by atoms with van der Waals surface area (Å²) in [6.45, 7) is 2.16. The van der Waals surface area contributed by atoms with E-state index in [-0.39, 0.29) is 0 Å². The molecule has 1 heterocycles. The summed E-state index contributed by atoms with van der Waals surface area (Å²) in [6.07, 6.45) is 0. The molecule has 0 spiro atoms. The Morgan fingerprint density at radius 3 is 2.89 bits per heavy atom. The molecule has 0 aliphatic rings. The summed E-state index contributed by atoms with van der Waals surface area (Å²) in [5.74, 6) is 0. The van der Waals surface area contributed by atoms with Gasteiger partial charge in [-0.3, -0.25) is 0 Å². The number of thiophene rings is 1. The number of hydrogen-bond donors (Lipinski definition) is 1. The molecule has 0 aliphatic heterocycles. The van der Waals surface area contributed by atoms with Gasteiger partial charge in [-0.1, -0.05) is 12.3 Å². The molecular weight excluding hydrogens is 148 g/mol. The minimum absolute atomic E-state index is 1.13. The molecule has 9 heavy (non-hydrogen) atoms. The summed E-state index contributed by atoms with van der Waals surface area (Å²) in [5.41, 5.74) is 1.41. The van der Waals surface area contributed by atoms with Crippen molar-refractivity contribution >= 4 is 38.5 Å². The van der Waals surface area contributed by atoms with Gasteiger partial charge < -0.3 is 5.09 Å². The second-order valence-electron chi connectivity index (χ2n) is 1.82. The Balaban J connectivity index is 2.74. The van der Waals surface area contributed by atoms with Crippen LogP contribution in [0.15, 0.2) is 11.4 Å². The zero-order chi connectivity index (χ0) is 6.69. The van der Waals surface area contributed by atoms with Crippen molar-refractivity contribution in [2.24, 2.45) is 0 Å². The third-order valence-electron chi connectivity index (χ3n) is 1.20. The first kappa shape index (κ1) is 7.11. The van der Waals surface area contributed by atoms with Crippen molar-refractivity contribution < 1.29 is 0 Å². The van der Waals surface area contributed by atoms with Crippen LogP contribution in [0.3, 0.4) is 0 Å². The van der Waals surface area contributed by atoms with E-state index in [9.17, 15) is 0 Å². The van der Waals surface area contributed by atoms with Crippen molar-refractivity contribution in [1.29, 1.82) is 0 Å². The highest BCUT2D eigenvalue weighted by Gasteiger charge is 1.93. The lowest BCUT2D eigenvalue weighted by Crippen LogP contribution is -2.04. The van der Waals surface area contributed by atoms with Crippen molar-refractivity contribution in [2.75, 3.05) is 5.09 Å². The maximum Gasteiger partial charge on any atom is 0.155 e. The van der Waals surface area contributed by atoms with Crippen LogP contribution in [0.25, 0.3) is 0 Å². The van der Waals surface area contributed by atoms with E-state index in [2.05, 4.69) is 32.7 Å². The van der Waals surface area contributed by atoms with Crippen LogP contribution in [0.1, 0.15) is 0 Å². The maximum absolute atomic E-state index is 3.02. The van der Waals surface area contributed by atoms with Gasteiger partial charge in [0, 0.05) is 0 Å². The third-order valence-corrected chi connectivity index (χ3v) is 2.63. The van der Waals surface area contributed by atoms with E-state index in [0.29, 0.717) is 0 Å². The Morgan fingerprint density at radius 1 is 1.78 bits per heavy atom. The van der Waals surface area contributed by atoms with Gasteiger partial charge in [0.05, 0.1) is 5.00 Å². The molecule has 1 N–H and O–H groups in total. The topological polar surface area (TPSA) is 12.0 Å². The molecule has 0 fully saturated rings. The van der Waals surface area contributed by atoms with Gasteiger partial charge in [0.25, 0.3) is 0 Å².